The summed E-state index contributed by atoms with van der Waals surface area (Å²) in [6, 6.07) is -0.369. The Morgan fingerprint density at radius 3 is 2.88 bits per heavy atom. The van der Waals surface area contributed by atoms with Gasteiger partial charge in [-0.25, -0.2) is 13.4 Å². The minimum absolute atomic E-state index is 0.0112. The highest BCUT2D eigenvalue weighted by molar-refractivity contribution is 7.91. The van der Waals surface area contributed by atoms with Crippen molar-refractivity contribution in [3.05, 3.63) is 16.1 Å². The lowest BCUT2D eigenvalue weighted by Gasteiger charge is -2.13. The van der Waals surface area contributed by atoms with Crippen molar-refractivity contribution in [1.82, 2.24) is 10.3 Å². The average molecular weight is 262 g/mol. The van der Waals surface area contributed by atoms with Crippen molar-refractivity contribution in [2.24, 2.45) is 0 Å². The first-order valence-electron chi connectivity index (χ1n) is 4.99. The second-order valence-electron chi connectivity index (χ2n) is 3.99. The van der Waals surface area contributed by atoms with Gasteiger partial charge in [0, 0.05) is 18.0 Å². The molecule has 1 aromatic heterocycles. The molecule has 0 spiro atoms. The maximum absolute atomic E-state index is 11.3. The Bertz CT molecular complexity index is 469. The number of aryl methyl sites for hydroxylation is 1. The average Bonchev–Trinajstić information content (AvgIpc) is 2.67. The van der Waals surface area contributed by atoms with Gasteiger partial charge < -0.3 is 10.4 Å². The van der Waals surface area contributed by atoms with Gasteiger partial charge in [-0.05, 0) is 6.92 Å². The zero-order chi connectivity index (χ0) is 11.8. The normalized spacial score (nSPS) is 28.4. The number of hydrogen-bond acceptors (Lipinski definition) is 6. The summed E-state index contributed by atoms with van der Waals surface area (Å²) in [5.74, 6) is -0.127. The number of thiazole rings is 1. The summed E-state index contributed by atoms with van der Waals surface area (Å²) < 4.78 is 22.5. The number of sulfone groups is 1. The second kappa shape index (κ2) is 4.40. The third-order valence-electron chi connectivity index (χ3n) is 2.53. The molecular formula is C9H14N2O3S2. The molecule has 1 aliphatic rings. The van der Waals surface area contributed by atoms with E-state index in [2.05, 4.69) is 10.3 Å². The number of aliphatic hydroxyl groups is 1. The van der Waals surface area contributed by atoms with Crippen LogP contribution in [0.3, 0.4) is 0 Å². The molecule has 0 bridgehead atoms. The minimum Gasteiger partial charge on any atom is -0.390 e. The van der Waals surface area contributed by atoms with Gasteiger partial charge in [-0.3, -0.25) is 0 Å². The van der Waals surface area contributed by atoms with E-state index in [1.54, 1.807) is 11.3 Å². The molecule has 2 heterocycles. The lowest BCUT2D eigenvalue weighted by atomic mass is 10.2. The Labute approximate surface area is 98.4 Å². The molecule has 1 aromatic rings. The van der Waals surface area contributed by atoms with Crippen LogP contribution in [0, 0.1) is 6.92 Å². The van der Waals surface area contributed by atoms with Crippen LogP contribution in [-0.2, 0) is 16.4 Å². The van der Waals surface area contributed by atoms with Gasteiger partial charge in [-0.2, -0.15) is 0 Å². The first-order chi connectivity index (χ1) is 7.46. The van der Waals surface area contributed by atoms with Crippen molar-refractivity contribution in [2.45, 2.75) is 25.6 Å². The summed E-state index contributed by atoms with van der Waals surface area (Å²) in [7, 11) is -3.07. The molecule has 5 nitrogen and oxygen atoms in total. The van der Waals surface area contributed by atoms with E-state index in [-0.39, 0.29) is 17.5 Å². The third-order valence-corrected chi connectivity index (χ3v) is 5.07. The van der Waals surface area contributed by atoms with E-state index < -0.39 is 15.9 Å². The molecule has 0 amide bonds. The van der Waals surface area contributed by atoms with Gasteiger partial charge >= 0.3 is 0 Å². The standard InChI is InChI=1S/C9H14N2O3S2/c1-6-11-7(3-15-6)2-10-8-4-16(13,14)5-9(8)12/h3,8-10,12H,2,4-5H2,1H3. The molecule has 0 radical (unpaired) electrons. The topological polar surface area (TPSA) is 79.3 Å². The maximum Gasteiger partial charge on any atom is 0.154 e. The minimum atomic E-state index is -3.07. The van der Waals surface area contributed by atoms with Crippen LogP contribution in [0.4, 0.5) is 0 Å². The number of aromatic nitrogens is 1. The summed E-state index contributed by atoms with van der Waals surface area (Å²) in [6.45, 7) is 2.42. The Kier molecular flexibility index (Phi) is 3.29. The van der Waals surface area contributed by atoms with Gasteiger partial charge in [-0.15, -0.1) is 11.3 Å². The highest BCUT2D eigenvalue weighted by Crippen LogP contribution is 2.14. The van der Waals surface area contributed by atoms with Crippen LogP contribution < -0.4 is 5.32 Å². The van der Waals surface area contributed by atoms with Gasteiger partial charge in [-0.1, -0.05) is 0 Å². The molecule has 1 aliphatic heterocycles. The predicted octanol–water partition coefficient (Wildman–Crippen LogP) is -0.301. The number of aliphatic hydroxyl groups excluding tert-OH is 1. The van der Waals surface area contributed by atoms with Crippen LogP contribution in [0.5, 0.6) is 0 Å². The van der Waals surface area contributed by atoms with Crippen LogP contribution in [-0.4, -0.2) is 42.2 Å². The molecule has 7 heteroatoms. The van der Waals surface area contributed by atoms with E-state index in [1.807, 2.05) is 12.3 Å². The molecular weight excluding hydrogens is 248 g/mol. The van der Waals surface area contributed by atoms with Crippen molar-refractivity contribution in [3.63, 3.8) is 0 Å². The summed E-state index contributed by atoms with van der Waals surface area (Å²) in [5, 5.41) is 15.5. The lowest BCUT2D eigenvalue weighted by Crippen LogP contribution is -2.38. The van der Waals surface area contributed by atoms with E-state index in [9.17, 15) is 13.5 Å². The largest absolute Gasteiger partial charge is 0.390 e. The number of hydrogen-bond donors (Lipinski definition) is 2. The molecule has 2 rings (SSSR count). The van der Waals surface area contributed by atoms with Crippen LogP contribution >= 0.6 is 11.3 Å². The van der Waals surface area contributed by atoms with Crippen molar-refractivity contribution in [2.75, 3.05) is 11.5 Å². The molecule has 0 aliphatic carbocycles. The van der Waals surface area contributed by atoms with Gasteiger partial charge in [0.15, 0.2) is 9.84 Å². The van der Waals surface area contributed by atoms with E-state index in [1.165, 1.54) is 0 Å². The van der Waals surface area contributed by atoms with Crippen LogP contribution in [0.15, 0.2) is 5.38 Å². The van der Waals surface area contributed by atoms with Gasteiger partial charge in [0.1, 0.15) is 0 Å². The van der Waals surface area contributed by atoms with Crippen molar-refractivity contribution >= 4 is 21.2 Å². The Morgan fingerprint density at radius 1 is 1.62 bits per heavy atom. The molecule has 90 valence electrons. The Balaban J connectivity index is 1.92. The highest BCUT2D eigenvalue weighted by atomic mass is 32.2. The molecule has 2 N–H and O–H groups in total. The molecule has 2 unspecified atom stereocenters. The Morgan fingerprint density at radius 2 is 2.38 bits per heavy atom. The molecule has 0 aromatic carbocycles. The van der Waals surface area contributed by atoms with Crippen LogP contribution in [0.25, 0.3) is 0 Å². The predicted molar refractivity (Wildman–Crippen MR) is 62.1 cm³/mol. The summed E-state index contributed by atoms with van der Waals surface area (Å²) >= 11 is 1.56. The number of rotatable bonds is 3. The first kappa shape index (κ1) is 12.0. The zero-order valence-corrected chi connectivity index (χ0v) is 10.5. The number of nitrogens with zero attached hydrogens (tertiary/aromatic N) is 1. The van der Waals surface area contributed by atoms with Crippen molar-refractivity contribution < 1.29 is 13.5 Å². The van der Waals surface area contributed by atoms with E-state index in [0.29, 0.717) is 6.54 Å². The van der Waals surface area contributed by atoms with Crippen molar-refractivity contribution in [3.8, 4) is 0 Å². The quantitative estimate of drug-likeness (QED) is 0.782. The summed E-state index contributed by atoms with van der Waals surface area (Å²) in [6.07, 6.45) is -0.801. The second-order valence-corrected chi connectivity index (χ2v) is 7.21. The molecule has 1 saturated heterocycles. The molecule has 16 heavy (non-hydrogen) atoms. The zero-order valence-electron chi connectivity index (χ0n) is 8.88. The molecule has 0 saturated carbocycles. The maximum atomic E-state index is 11.3. The van der Waals surface area contributed by atoms with E-state index >= 15 is 0 Å². The van der Waals surface area contributed by atoms with Gasteiger partial charge in [0.2, 0.25) is 0 Å². The smallest absolute Gasteiger partial charge is 0.154 e. The fourth-order valence-electron chi connectivity index (χ4n) is 1.75. The van der Waals surface area contributed by atoms with Gasteiger partial charge in [0.05, 0.1) is 28.3 Å². The lowest BCUT2D eigenvalue weighted by molar-refractivity contribution is 0.165. The fraction of sp³-hybridized carbons (Fsp3) is 0.667. The summed E-state index contributed by atoms with van der Waals surface area (Å²) in [5.41, 5.74) is 0.888. The van der Waals surface area contributed by atoms with Crippen molar-refractivity contribution in [1.29, 1.82) is 0 Å². The fourth-order valence-corrected chi connectivity index (χ4v) is 4.14. The van der Waals surface area contributed by atoms with E-state index in [4.69, 9.17) is 0 Å². The first-order valence-corrected chi connectivity index (χ1v) is 7.69. The SMILES string of the molecule is Cc1nc(CNC2CS(=O)(=O)CC2O)cs1. The van der Waals surface area contributed by atoms with E-state index in [0.717, 1.165) is 10.7 Å². The van der Waals surface area contributed by atoms with Crippen LogP contribution in [0.1, 0.15) is 10.7 Å². The molecule has 2 atom stereocenters. The highest BCUT2D eigenvalue weighted by Gasteiger charge is 2.35. The monoisotopic (exact) mass is 262 g/mol. The molecule has 1 fully saturated rings. The summed E-state index contributed by atoms with van der Waals surface area (Å²) in [4.78, 5) is 4.26. The van der Waals surface area contributed by atoms with Crippen LogP contribution in [0.2, 0.25) is 0 Å². The Hall–Kier alpha value is -0.500. The number of nitrogens with one attached hydrogen (secondary N) is 1. The van der Waals surface area contributed by atoms with Gasteiger partial charge in [0.25, 0.3) is 0 Å². The third kappa shape index (κ3) is 2.79.